The van der Waals surface area contributed by atoms with Gasteiger partial charge in [-0.1, -0.05) is 26.0 Å². The van der Waals surface area contributed by atoms with Gasteiger partial charge in [-0.15, -0.1) is 0 Å². The highest BCUT2D eigenvalue weighted by molar-refractivity contribution is 8.06. The molecule has 3 heterocycles. The number of amides is 2. The molecule has 1 fully saturated rings. The maximum Gasteiger partial charge on any atom is 0.253 e. The zero-order valence-electron chi connectivity index (χ0n) is 22.4. The fraction of sp³-hybridized carbons (Fsp3) is 0.321. The van der Waals surface area contributed by atoms with Crippen LogP contribution in [0.25, 0.3) is 11.3 Å². The molecule has 206 valence electrons. The number of nitrogens with one attached hydrogen (secondary N) is 1. The van der Waals surface area contributed by atoms with Crippen LogP contribution in [0.4, 0.5) is 11.6 Å². The van der Waals surface area contributed by atoms with Gasteiger partial charge in [0.2, 0.25) is 12.4 Å². The van der Waals surface area contributed by atoms with Crippen molar-refractivity contribution in [3.63, 3.8) is 0 Å². The summed E-state index contributed by atoms with van der Waals surface area (Å²) in [5.74, 6) is 0.379. The van der Waals surface area contributed by atoms with E-state index < -0.39 is 9.71 Å². The lowest BCUT2D eigenvalue weighted by Gasteiger charge is -2.32. The van der Waals surface area contributed by atoms with Gasteiger partial charge < -0.3 is 19.9 Å². The lowest BCUT2D eigenvalue weighted by atomic mass is 10.1. The number of methoxy groups -OCH3 is 1. The van der Waals surface area contributed by atoms with Crippen molar-refractivity contribution in [1.29, 1.82) is 0 Å². The van der Waals surface area contributed by atoms with E-state index in [2.05, 4.69) is 15.3 Å². The first-order chi connectivity index (χ1) is 19.0. The third-order valence-electron chi connectivity index (χ3n) is 6.36. The predicted octanol–water partition coefficient (Wildman–Crippen LogP) is 3.11. The summed E-state index contributed by atoms with van der Waals surface area (Å²) in [5.41, 5.74) is 4.72. The molecule has 0 spiro atoms. The number of rotatable bonds is 9. The minimum Gasteiger partial charge on any atom is -0.383 e. The average Bonchev–Trinajstić information content (AvgIpc) is 3.68. The quantitative estimate of drug-likeness (QED) is 0.322. The molecule has 2 aliphatic heterocycles. The third-order valence-corrected chi connectivity index (χ3v) is 8.62. The molecule has 1 saturated heterocycles. The van der Waals surface area contributed by atoms with Crippen molar-refractivity contribution >= 4 is 39.2 Å². The zero-order chi connectivity index (χ0) is 27.8. The molecule has 2 unspecified atom stereocenters. The van der Waals surface area contributed by atoms with Gasteiger partial charge >= 0.3 is 0 Å². The van der Waals surface area contributed by atoms with Crippen LogP contribution in [-0.2, 0) is 19.2 Å². The second kappa shape index (κ2) is 12.8. The number of anilines is 2. The maximum absolute atomic E-state index is 13.0. The Labute approximate surface area is 229 Å². The topological polar surface area (TPSA) is 108 Å². The highest BCUT2D eigenvalue weighted by atomic mass is 32.2. The fourth-order valence-electron chi connectivity index (χ4n) is 4.14. The molecule has 11 heteroatoms. The number of nitrogens with zero attached hydrogens (tertiary/aromatic N) is 5. The van der Waals surface area contributed by atoms with Gasteiger partial charge in [0, 0.05) is 67.7 Å². The van der Waals surface area contributed by atoms with Crippen molar-refractivity contribution in [2.75, 3.05) is 51.8 Å². The van der Waals surface area contributed by atoms with Gasteiger partial charge in [-0.2, -0.15) is 4.31 Å². The molecule has 0 bridgehead atoms. The Morgan fingerprint density at radius 2 is 1.72 bits per heavy atom. The van der Waals surface area contributed by atoms with Gasteiger partial charge in [0.05, 0.1) is 27.5 Å². The molecule has 3 aromatic rings. The predicted molar refractivity (Wildman–Crippen MR) is 153 cm³/mol. The largest absolute Gasteiger partial charge is 0.383 e. The summed E-state index contributed by atoms with van der Waals surface area (Å²) in [5, 5.41) is 3.18. The number of carbonyl (C=O) groups is 2. The molecule has 0 radical (unpaired) electrons. The highest BCUT2D eigenvalue weighted by Gasteiger charge is 2.32. The monoisotopic (exact) mass is 550 g/mol. The van der Waals surface area contributed by atoms with Crippen LogP contribution in [0.15, 0.2) is 65.7 Å². The van der Waals surface area contributed by atoms with Gasteiger partial charge in [0.1, 0.15) is 0 Å². The van der Waals surface area contributed by atoms with E-state index in [1.54, 1.807) is 40.7 Å². The zero-order valence-corrected chi connectivity index (χ0v) is 23.3. The molecule has 2 amide bonds. The van der Waals surface area contributed by atoms with E-state index in [9.17, 15) is 13.8 Å². The van der Waals surface area contributed by atoms with Crippen molar-refractivity contribution in [1.82, 2.24) is 24.1 Å². The van der Waals surface area contributed by atoms with E-state index in [1.165, 1.54) is 0 Å². The summed E-state index contributed by atoms with van der Waals surface area (Å²) in [6, 6.07) is 16.5. The average molecular weight is 551 g/mol. The Hall–Kier alpha value is -3.80. The first-order valence-corrected chi connectivity index (χ1v) is 14.5. The minimum absolute atomic E-state index is 0.0499. The van der Waals surface area contributed by atoms with Crippen molar-refractivity contribution < 1.29 is 18.5 Å². The molecule has 1 aromatic heterocycles. The standard InChI is InChI=1S/C26H28N6O4S.C2H6/c1-36-17-16-32-19-37(32,35)23-8-4-20(5-9-23)24-10-11-27-26(29-24)28-22-6-2-21(3-7-22)25(34)31-14-12-30(18-33)13-15-31;1-2/h2-11,18-19H,12-17H2,1H3,(H,27,28,29);1-2H3. The SMILES string of the molecule is CC.COCCN1C=S1(=O)c1ccc(-c2ccnc(Nc3ccc(C(=O)N4CCN(C=O)CC4)cc3)n2)cc1. The van der Waals surface area contributed by atoms with E-state index in [-0.39, 0.29) is 5.91 Å². The lowest BCUT2D eigenvalue weighted by molar-refractivity contribution is -0.119. The number of carbonyl (C=O) groups excluding carboxylic acids is 2. The van der Waals surface area contributed by atoms with E-state index in [0.29, 0.717) is 50.8 Å². The normalized spacial score (nSPS) is 19.8. The Morgan fingerprint density at radius 1 is 1.03 bits per heavy atom. The van der Waals surface area contributed by atoms with Crippen molar-refractivity contribution in [2.24, 2.45) is 0 Å². The minimum atomic E-state index is -2.24. The van der Waals surface area contributed by atoms with Crippen molar-refractivity contribution in [3.8, 4) is 11.3 Å². The summed E-state index contributed by atoms with van der Waals surface area (Å²) in [6.07, 6.45) is 2.50. The van der Waals surface area contributed by atoms with Crippen molar-refractivity contribution in [2.45, 2.75) is 18.7 Å². The first kappa shape index (κ1) is 28.2. The van der Waals surface area contributed by atoms with Crippen LogP contribution in [0.5, 0.6) is 0 Å². The molecule has 5 rings (SSSR count). The smallest absolute Gasteiger partial charge is 0.253 e. The molecular weight excluding hydrogens is 516 g/mol. The van der Waals surface area contributed by atoms with Crippen LogP contribution in [0.1, 0.15) is 24.2 Å². The Morgan fingerprint density at radius 3 is 2.36 bits per heavy atom. The summed E-state index contributed by atoms with van der Waals surface area (Å²) in [6.45, 7) is 7.29. The molecule has 2 atom stereocenters. The highest BCUT2D eigenvalue weighted by Crippen LogP contribution is 2.28. The van der Waals surface area contributed by atoms with E-state index in [4.69, 9.17) is 4.74 Å². The molecule has 1 N–H and O–H groups in total. The Balaban J connectivity index is 0.00000172. The summed E-state index contributed by atoms with van der Waals surface area (Å²) >= 11 is 0. The van der Waals surface area contributed by atoms with Crippen LogP contribution in [0, 0.1) is 0 Å². The van der Waals surface area contributed by atoms with Gasteiger partial charge in [-0.3, -0.25) is 9.59 Å². The number of hydrogen-bond acceptors (Lipinski definition) is 7. The van der Waals surface area contributed by atoms with Crippen LogP contribution in [0.3, 0.4) is 0 Å². The molecule has 2 aliphatic rings. The lowest BCUT2D eigenvalue weighted by Crippen LogP contribution is -2.48. The summed E-state index contributed by atoms with van der Waals surface area (Å²) in [7, 11) is -0.617. The molecule has 0 saturated carbocycles. The number of hydrogen-bond donors (Lipinski definition) is 1. The molecule has 39 heavy (non-hydrogen) atoms. The molecule has 2 aromatic carbocycles. The van der Waals surface area contributed by atoms with Crippen LogP contribution in [0.2, 0.25) is 0 Å². The number of aromatic nitrogens is 2. The van der Waals surface area contributed by atoms with Gasteiger partial charge in [0.25, 0.3) is 5.91 Å². The second-order valence-corrected chi connectivity index (χ2v) is 11.0. The Bertz CT molecular complexity index is 1400. The first-order valence-electron chi connectivity index (χ1n) is 12.9. The van der Waals surface area contributed by atoms with E-state index in [1.807, 2.05) is 60.6 Å². The van der Waals surface area contributed by atoms with Crippen LogP contribution in [-0.4, -0.2) is 92.5 Å². The van der Waals surface area contributed by atoms with Gasteiger partial charge in [0.15, 0.2) is 0 Å². The van der Waals surface area contributed by atoms with Crippen LogP contribution >= 0.6 is 0 Å². The number of piperazine rings is 1. The maximum atomic E-state index is 13.0. The number of ether oxygens (including phenoxy) is 1. The fourth-order valence-corrected chi connectivity index (χ4v) is 6.03. The Kier molecular flexibility index (Phi) is 9.28. The second-order valence-electron chi connectivity index (χ2n) is 8.73. The number of benzene rings is 2. The van der Waals surface area contributed by atoms with Gasteiger partial charge in [-0.05, 0) is 42.5 Å². The summed E-state index contributed by atoms with van der Waals surface area (Å²) < 4.78 is 19.8. The summed E-state index contributed by atoms with van der Waals surface area (Å²) in [4.78, 5) is 36.8. The third kappa shape index (κ3) is 6.62. The van der Waals surface area contributed by atoms with Gasteiger partial charge in [-0.25, -0.2) is 14.2 Å². The van der Waals surface area contributed by atoms with Crippen molar-refractivity contribution in [3.05, 3.63) is 66.4 Å². The van der Waals surface area contributed by atoms with E-state index >= 15 is 0 Å². The molecule has 10 nitrogen and oxygen atoms in total. The molecular formula is C28H34N6O4S. The molecule has 0 aliphatic carbocycles. The van der Waals surface area contributed by atoms with E-state index in [0.717, 1.165) is 28.3 Å². The van der Waals surface area contributed by atoms with Crippen LogP contribution < -0.4 is 5.32 Å².